The number of furan rings is 1. The summed E-state index contributed by atoms with van der Waals surface area (Å²) in [5, 5.41) is 12.8. The fourth-order valence-corrected chi connectivity index (χ4v) is 5.00. The third kappa shape index (κ3) is 4.54. The summed E-state index contributed by atoms with van der Waals surface area (Å²) in [5.41, 5.74) is 4.91. The number of hydrogen-bond acceptors (Lipinski definition) is 8. The highest BCUT2D eigenvalue weighted by atomic mass is 16.5. The van der Waals surface area contributed by atoms with Crippen LogP contribution in [0.4, 0.5) is 5.69 Å². The van der Waals surface area contributed by atoms with Crippen molar-refractivity contribution in [1.29, 1.82) is 0 Å². The summed E-state index contributed by atoms with van der Waals surface area (Å²) in [4.78, 5) is 4.88. The molecule has 0 aliphatic carbocycles. The van der Waals surface area contributed by atoms with Gasteiger partial charge in [0.1, 0.15) is 18.3 Å². The smallest absolute Gasteiger partial charge is 0.173 e. The van der Waals surface area contributed by atoms with Gasteiger partial charge in [-0.15, -0.1) is 5.10 Å². The standard InChI is InChI=1S/C27H32N6O3/c1-19-8-5-11-23(20(19)2)31-13-15-32(16-14-31)25(22-10-6-12-24(34-3)26(22)35-4)27-28-29-30-33(27)18-21-9-7-17-36-21/h5-12,17,25H,13-16,18H2,1-4H3/t25-/m1/s1. The number of ether oxygens (including phenoxy) is 2. The fraction of sp³-hybridized carbons (Fsp3) is 0.370. The second-order valence-corrected chi connectivity index (χ2v) is 9.00. The van der Waals surface area contributed by atoms with Gasteiger partial charge in [0.05, 0.1) is 20.5 Å². The predicted octanol–water partition coefficient (Wildman–Crippen LogP) is 3.86. The first kappa shape index (κ1) is 23.9. The van der Waals surface area contributed by atoms with E-state index in [0.717, 1.165) is 43.3 Å². The summed E-state index contributed by atoms with van der Waals surface area (Å²) in [6.07, 6.45) is 1.66. The van der Waals surface area contributed by atoms with Gasteiger partial charge in [0.2, 0.25) is 0 Å². The summed E-state index contributed by atoms with van der Waals surface area (Å²) in [7, 11) is 3.32. The molecule has 1 atom stereocenters. The van der Waals surface area contributed by atoms with Gasteiger partial charge in [-0.2, -0.15) is 0 Å². The highest BCUT2D eigenvalue weighted by Crippen LogP contribution is 2.40. The molecule has 3 heterocycles. The van der Waals surface area contributed by atoms with E-state index in [0.29, 0.717) is 18.0 Å². The number of piperazine rings is 1. The normalized spacial score (nSPS) is 15.2. The largest absolute Gasteiger partial charge is 0.493 e. The van der Waals surface area contributed by atoms with Crippen LogP contribution in [0.25, 0.3) is 0 Å². The third-order valence-electron chi connectivity index (χ3n) is 7.01. The molecule has 2 aromatic heterocycles. The monoisotopic (exact) mass is 488 g/mol. The number of tetrazole rings is 1. The fourth-order valence-electron chi connectivity index (χ4n) is 5.00. The van der Waals surface area contributed by atoms with Crippen molar-refractivity contribution in [3.8, 4) is 11.5 Å². The Morgan fingerprint density at radius 1 is 0.944 bits per heavy atom. The highest BCUT2D eigenvalue weighted by Gasteiger charge is 2.34. The molecule has 188 valence electrons. The zero-order valence-corrected chi connectivity index (χ0v) is 21.2. The molecule has 0 saturated carbocycles. The second-order valence-electron chi connectivity index (χ2n) is 9.00. The number of hydrogen-bond donors (Lipinski definition) is 0. The van der Waals surface area contributed by atoms with E-state index in [-0.39, 0.29) is 6.04 Å². The number of methoxy groups -OCH3 is 2. The van der Waals surface area contributed by atoms with Crippen molar-refractivity contribution in [1.82, 2.24) is 25.1 Å². The molecule has 1 fully saturated rings. The van der Waals surface area contributed by atoms with Crippen LogP contribution >= 0.6 is 0 Å². The number of aromatic nitrogens is 4. The summed E-state index contributed by atoms with van der Waals surface area (Å²) in [6.45, 7) is 8.28. The van der Waals surface area contributed by atoms with Crippen LogP contribution in [-0.4, -0.2) is 65.5 Å². The minimum Gasteiger partial charge on any atom is -0.493 e. The number of rotatable bonds is 8. The predicted molar refractivity (Wildman–Crippen MR) is 137 cm³/mol. The molecule has 0 unspecified atom stereocenters. The first-order valence-corrected chi connectivity index (χ1v) is 12.1. The SMILES string of the molecule is COc1cccc([C@H](c2nnnn2Cc2ccco2)N2CCN(c3cccc(C)c3C)CC2)c1OC. The molecule has 1 aliphatic rings. The summed E-state index contributed by atoms with van der Waals surface area (Å²) in [6, 6.07) is 16.0. The zero-order valence-electron chi connectivity index (χ0n) is 21.2. The lowest BCUT2D eigenvalue weighted by molar-refractivity contribution is 0.196. The van der Waals surface area contributed by atoms with E-state index in [1.165, 1.54) is 16.8 Å². The quantitative estimate of drug-likeness (QED) is 0.370. The molecule has 0 spiro atoms. The Labute approximate surface area is 211 Å². The summed E-state index contributed by atoms with van der Waals surface area (Å²) >= 11 is 0. The Bertz CT molecular complexity index is 1290. The van der Waals surface area contributed by atoms with Gasteiger partial charge in [0.25, 0.3) is 0 Å². The molecule has 0 radical (unpaired) electrons. The van der Waals surface area contributed by atoms with E-state index >= 15 is 0 Å². The van der Waals surface area contributed by atoms with Gasteiger partial charge in [-0.25, -0.2) is 4.68 Å². The van der Waals surface area contributed by atoms with E-state index in [4.69, 9.17) is 13.9 Å². The van der Waals surface area contributed by atoms with E-state index in [2.05, 4.69) is 63.4 Å². The third-order valence-corrected chi connectivity index (χ3v) is 7.01. The van der Waals surface area contributed by atoms with Gasteiger partial charge >= 0.3 is 0 Å². The average molecular weight is 489 g/mol. The van der Waals surface area contributed by atoms with Gasteiger partial charge in [-0.1, -0.05) is 24.3 Å². The van der Waals surface area contributed by atoms with Crippen molar-refractivity contribution in [2.45, 2.75) is 26.4 Å². The van der Waals surface area contributed by atoms with E-state index in [1.54, 1.807) is 25.2 Å². The first-order valence-electron chi connectivity index (χ1n) is 12.1. The lowest BCUT2D eigenvalue weighted by Gasteiger charge is -2.40. The van der Waals surface area contributed by atoms with Crippen LogP contribution in [0.1, 0.15) is 34.3 Å². The Kier molecular flexibility index (Phi) is 6.90. The molecule has 9 heteroatoms. The maximum Gasteiger partial charge on any atom is 0.173 e. The van der Waals surface area contributed by atoms with E-state index in [9.17, 15) is 0 Å². The molecule has 36 heavy (non-hydrogen) atoms. The number of para-hydroxylation sites is 1. The van der Waals surface area contributed by atoms with Gasteiger partial charge in [-0.05, 0) is 59.7 Å². The Balaban J connectivity index is 1.50. The molecule has 9 nitrogen and oxygen atoms in total. The van der Waals surface area contributed by atoms with Gasteiger partial charge in [0.15, 0.2) is 17.3 Å². The van der Waals surface area contributed by atoms with Crippen LogP contribution in [0.3, 0.4) is 0 Å². The molecule has 0 N–H and O–H groups in total. The lowest BCUT2D eigenvalue weighted by Crippen LogP contribution is -2.48. The molecule has 5 rings (SSSR count). The minimum atomic E-state index is -0.222. The number of aryl methyl sites for hydroxylation is 1. The Hall–Kier alpha value is -3.85. The maximum absolute atomic E-state index is 5.84. The minimum absolute atomic E-state index is 0.222. The van der Waals surface area contributed by atoms with Crippen molar-refractivity contribution in [2.24, 2.45) is 0 Å². The van der Waals surface area contributed by atoms with Crippen LogP contribution in [0.2, 0.25) is 0 Å². The van der Waals surface area contributed by atoms with Gasteiger partial charge in [-0.3, -0.25) is 4.90 Å². The summed E-state index contributed by atoms with van der Waals surface area (Å²) in [5.74, 6) is 2.89. The number of benzene rings is 2. The second kappa shape index (κ2) is 10.4. The van der Waals surface area contributed by atoms with Crippen LogP contribution < -0.4 is 14.4 Å². The van der Waals surface area contributed by atoms with Crippen LogP contribution in [-0.2, 0) is 6.54 Å². The van der Waals surface area contributed by atoms with Crippen LogP contribution in [0.15, 0.2) is 59.2 Å². The zero-order chi connectivity index (χ0) is 25.1. The molecular weight excluding hydrogens is 456 g/mol. The molecular formula is C27H32N6O3. The van der Waals surface area contributed by atoms with Gasteiger partial charge < -0.3 is 18.8 Å². The molecule has 2 aromatic carbocycles. The average Bonchev–Trinajstić information content (AvgIpc) is 3.59. The van der Waals surface area contributed by atoms with Crippen molar-refractivity contribution in [3.63, 3.8) is 0 Å². The van der Waals surface area contributed by atoms with Crippen molar-refractivity contribution < 1.29 is 13.9 Å². The molecule has 1 saturated heterocycles. The highest BCUT2D eigenvalue weighted by molar-refractivity contribution is 5.56. The van der Waals surface area contributed by atoms with Crippen molar-refractivity contribution in [2.75, 3.05) is 45.3 Å². The summed E-state index contributed by atoms with van der Waals surface area (Å²) < 4.78 is 18.8. The van der Waals surface area contributed by atoms with Crippen LogP contribution in [0.5, 0.6) is 11.5 Å². The molecule has 0 amide bonds. The van der Waals surface area contributed by atoms with E-state index in [1.807, 2.05) is 24.3 Å². The number of nitrogens with zero attached hydrogens (tertiary/aromatic N) is 6. The van der Waals surface area contributed by atoms with Crippen molar-refractivity contribution >= 4 is 5.69 Å². The Morgan fingerprint density at radius 3 is 2.47 bits per heavy atom. The van der Waals surface area contributed by atoms with Crippen LogP contribution in [0, 0.1) is 13.8 Å². The molecule has 4 aromatic rings. The van der Waals surface area contributed by atoms with Crippen molar-refractivity contribution in [3.05, 3.63) is 83.1 Å². The van der Waals surface area contributed by atoms with Gasteiger partial charge in [0, 0.05) is 37.4 Å². The van der Waals surface area contributed by atoms with E-state index < -0.39 is 0 Å². The topological polar surface area (TPSA) is 81.7 Å². The molecule has 0 bridgehead atoms. The molecule has 1 aliphatic heterocycles. The lowest BCUT2D eigenvalue weighted by atomic mass is 10.0. The first-order chi connectivity index (χ1) is 17.6. The Morgan fingerprint density at radius 2 is 1.75 bits per heavy atom. The maximum atomic E-state index is 5.84. The number of anilines is 1.